The Morgan fingerprint density at radius 2 is 0.903 bits per heavy atom. The van der Waals surface area contributed by atoms with E-state index in [0.717, 1.165) is 55.4 Å². The fourth-order valence-electron chi connectivity index (χ4n) is 8.94. The second kappa shape index (κ2) is 14.1. The van der Waals surface area contributed by atoms with Crippen molar-refractivity contribution in [2.75, 3.05) is 0 Å². The summed E-state index contributed by atoms with van der Waals surface area (Å²) in [6.07, 6.45) is 1.58. The Labute approximate surface area is 353 Å². The molecule has 0 radical (unpaired) electrons. The molecule has 0 atom stereocenters. The van der Waals surface area contributed by atoms with Gasteiger partial charge < -0.3 is 9.13 Å². The van der Waals surface area contributed by atoms with Crippen LogP contribution in [0.25, 0.3) is 111 Å². The van der Waals surface area contributed by atoms with Gasteiger partial charge in [-0.1, -0.05) is 84.9 Å². The minimum absolute atomic E-state index is 0.358. The second-order valence-corrected chi connectivity index (χ2v) is 15.4. The Morgan fingerprint density at radius 1 is 0.355 bits per heavy atom. The van der Waals surface area contributed by atoms with Crippen LogP contribution in [-0.4, -0.2) is 29.3 Å². The highest BCUT2D eigenvalue weighted by Crippen LogP contribution is 2.39. The van der Waals surface area contributed by atoms with Crippen LogP contribution in [0.3, 0.4) is 0 Å². The standard InChI is InChI=1S/C54H32F2N6/c55-38-23-17-33(18-24-38)51-52(34-19-25-39(56)26-20-34)59-54-46(58-51)32-57-60-53(54)37-9-8-12-41(29-37)62-48-16-7-5-14-43(48)45-30-35(22-28-49(45)62)36-21-27-44-42-13-4-6-15-47(42)61(50(44)31-36)40-10-2-1-3-11-40/h1-32H. The zero-order valence-corrected chi connectivity index (χ0v) is 32.9. The van der Waals surface area contributed by atoms with Gasteiger partial charge in [-0.2, -0.15) is 5.10 Å². The summed E-state index contributed by atoms with van der Waals surface area (Å²) in [5.74, 6) is -0.718. The molecule has 0 aliphatic carbocycles. The molecular weight excluding hydrogens is 771 g/mol. The first-order valence-electron chi connectivity index (χ1n) is 20.3. The second-order valence-electron chi connectivity index (χ2n) is 15.4. The summed E-state index contributed by atoms with van der Waals surface area (Å²) in [4.78, 5) is 10.2. The molecule has 6 nitrogen and oxygen atoms in total. The van der Waals surface area contributed by atoms with Crippen LogP contribution in [0.2, 0.25) is 0 Å². The minimum atomic E-state index is -0.361. The molecule has 292 valence electrons. The molecule has 0 saturated heterocycles. The average Bonchev–Trinajstić information content (AvgIpc) is 3.84. The van der Waals surface area contributed by atoms with Crippen LogP contribution in [0.15, 0.2) is 194 Å². The number of rotatable bonds is 6. The lowest BCUT2D eigenvalue weighted by atomic mass is 10.0. The molecule has 62 heavy (non-hydrogen) atoms. The molecular formula is C54H32F2N6. The summed E-state index contributed by atoms with van der Waals surface area (Å²) in [6, 6.07) is 61.6. The van der Waals surface area contributed by atoms with E-state index in [1.54, 1.807) is 30.5 Å². The molecule has 0 unspecified atom stereocenters. The van der Waals surface area contributed by atoms with Gasteiger partial charge in [-0.3, -0.25) is 0 Å². The van der Waals surface area contributed by atoms with Crippen LogP contribution in [0.1, 0.15) is 0 Å². The Hall–Kier alpha value is -8.36. The summed E-state index contributed by atoms with van der Waals surface area (Å²) in [6.45, 7) is 0. The van der Waals surface area contributed by atoms with E-state index in [0.29, 0.717) is 39.2 Å². The van der Waals surface area contributed by atoms with Crippen molar-refractivity contribution in [2.24, 2.45) is 0 Å². The zero-order chi connectivity index (χ0) is 41.3. The van der Waals surface area contributed by atoms with Gasteiger partial charge in [-0.25, -0.2) is 18.7 Å². The van der Waals surface area contributed by atoms with Crippen LogP contribution < -0.4 is 0 Å². The summed E-state index contributed by atoms with van der Waals surface area (Å²) in [5.41, 5.74) is 13.6. The van der Waals surface area contributed by atoms with E-state index in [-0.39, 0.29) is 11.6 Å². The Bertz CT molecular complexity index is 3710. The molecule has 0 fully saturated rings. The van der Waals surface area contributed by atoms with E-state index in [9.17, 15) is 8.78 Å². The molecule has 0 aliphatic rings. The van der Waals surface area contributed by atoms with Gasteiger partial charge in [0.05, 0.1) is 39.7 Å². The van der Waals surface area contributed by atoms with Gasteiger partial charge in [0.2, 0.25) is 0 Å². The fourth-order valence-corrected chi connectivity index (χ4v) is 8.94. The molecule has 0 saturated carbocycles. The Morgan fingerprint density at radius 3 is 1.63 bits per heavy atom. The van der Waals surface area contributed by atoms with E-state index in [4.69, 9.17) is 9.97 Å². The number of aromatic nitrogens is 6. The van der Waals surface area contributed by atoms with Gasteiger partial charge in [0.1, 0.15) is 28.4 Å². The van der Waals surface area contributed by atoms with Gasteiger partial charge in [-0.15, -0.1) is 5.10 Å². The lowest BCUT2D eigenvalue weighted by Gasteiger charge is -2.13. The molecule has 0 spiro atoms. The van der Waals surface area contributed by atoms with Gasteiger partial charge >= 0.3 is 0 Å². The Kier molecular flexibility index (Phi) is 8.11. The first-order chi connectivity index (χ1) is 30.6. The third-order valence-electron chi connectivity index (χ3n) is 11.8. The van der Waals surface area contributed by atoms with E-state index >= 15 is 0 Å². The molecule has 12 aromatic rings. The third kappa shape index (κ3) is 5.76. The van der Waals surface area contributed by atoms with Crippen LogP contribution in [-0.2, 0) is 0 Å². The third-order valence-corrected chi connectivity index (χ3v) is 11.8. The number of halogens is 2. The predicted octanol–water partition coefficient (Wildman–Crippen LogP) is 13.6. The lowest BCUT2D eigenvalue weighted by Crippen LogP contribution is -2.00. The number of nitrogens with zero attached hydrogens (tertiary/aromatic N) is 6. The zero-order valence-electron chi connectivity index (χ0n) is 32.9. The molecule has 0 aliphatic heterocycles. The van der Waals surface area contributed by atoms with Crippen molar-refractivity contribution in [3.63, 3.8) is 0 Å². The van der Waals surface area contributed by atoms with Gasteiger partial charge in [0.15, 0.2) is 0 Å². The number of para-hydroxylation sites is 3. The number of hydrogen-bond acceptors (Lipinski definition) is 4. The Balaban J connectivity index is 0.999. The number of fused-ring (bicyclic) bond motifs is 7. The summed E-state index contributed by atoms with van der Waals surface area (Å²) >= 11 is 0. The van der Waals surface area contributed by atoms with Crippen LogP contribution in [0.4, 0.5) is 8.78 Å². The van der Waals surface area contributed by atoms with Crippen molar-refractivity contribution < 1.29 is 8.78 Å². The predicted molar refractivity (Wildman–Crippen MR) is 245 cm³/mol. The van der Waals surface area contributed by atoms with Crippen LogP contribution >= 0.6 is 0 Å². The van der Waals surface area contributed by atoms with Crippen LogP contribution in [0.5, 0.6) is 0 Å². The van der Waals surface area contributed by atoms with E-state index in [1.165, 1.54) is 40.6 Å². The monoisotopic (exact) mass is 802 g/mol. The molecule has 4 aromatic heterocycles. The molecule has 0 bridgehead atoms. The molecule has 0 N–H and O–H groups in total. The first-order valence-corrected chi connectivity index (χ1v) is 20.3. The van der Waals surface area contributed by atoms with Crippen molar-refractivity contribution in [3.8, 4) is 56.3 Å². The maximum atomic E-state index is 14.1. The SMILES string of the molecule is Fc1ccc(-c2nc3cnnc(-c4cccc(-n5c6ccccc6c6cc(-c7ccc8c9ccccc9n(-c9ccccc9)c8c7)ccc65)c4)c3nc2-c2ccc(F)cc2)cc1. The normalized spacial score (nSPS) is 11.7. The molecule has 4 heterocycles. The van der Waals surface area contributed by atoms with Gasteiger partial charge in [0, 0.05) is 49.6 Å². The summed E-state index contributed by atoms with van der Waals surface area (Å²) in [5, 5.41) is 13.7. The highest BCUT2D eigenvalue weighted by atomic mass is 19.1. The van der Waals surface area contributed by atoms with Crippen molar-refractivity contribution in [3.05, 3.63) is 206 Å². The maximum absolute atomic E-state index is 14.1. The number of benzene rings is 8. The maximum Gasteiger partial charge on any atom is 0.123 e. The topological polar surface area (TPSA) is 61.4 Å². The highest BCUT2D eigenvalue weighted by Gasteiger charge is 2.20. The van der Waals surface area contributed by atoms with Gasteiger partial charge in [-0.05, 0) is 114 Å². The first kappa shape index (κ1) is 35.6. The van der Waals surface area contributed by atoms with Crippen molar-refractivity contribution >= 4 is 54.6 Å². The molecule has 0 amide bonds. The molecule has 8 heteroatoms. The molecule has 8 aromatic carbocycles. The van der Waals surface area contributed by atoms with E-state index < -0.39 is 0 Å². The quantitative estimate of drug-likeness (QED) is 0.168. The minimum Gasteiger partial charge on any atom is -0.309 e. The van der Waals surface area contributed by atoms with Crippen molar-refractivity contribution in [2.45, 2.75) is 0 Å². The highest BCUT2D eigenvalue weighted by molar-refractivity contribution is 6.12. The average molecular weight is 803 g/mol. The lowest BCUT2D eigenvalue weighted by molar-refractivity contribution is 0.627. The number of hydrogen-bond donors (Lipinski definition) is 0. The van der Waals surface area contributed by atoms with E-state index in [1.807, 2.05) is 12.1 Å². The largest absolute Gasteiger partial charge is 0.309 e. The summed E-state index contributed by atoms with van der Waals surface area (Å²) < 4.78 is 32.7. The van der Waals surface area contributed by atoms with Crippen molar-refractivity contribution in [1.82, 2.24) is 29.3 Å². The van der Waals surface area contributed by atoms with Crippen molar-refractivity contribution in [1.29, 1.82) is 0 Å². The van der Waals surface area contributed by atoms with Crippen LogP contribution in [0, 0.1) is 11.6 Å². The van der Waals surface area contributed by atoms with E-state index in [2.05, 4.69) is 147 Å². The fraction of sp³-hybridized carbons (Fsp3) is 0. The molecule has 12 rings (SSSR count). The summed E-state index contributed by atoms with van der Waals surface area (Å²) in [7, 11) is 0. The smallest absolute Gasteiger partial charge is 0.123 e. The van der Waals surface area contributed by atoms with Gasteiger partial charge in [0.25, 0.3) is 0 Å².